The van der Waals surface area contributed by atoms with E-state index in [1.807, 2.05) is 16.7 Å². The first-order valence-corrected chi connectivity index (χ1v) is 9.90. The van der Waals surface area contributed by atoms with Gasteiger partial charge in [0.05, 0.1) is 6.54 Å². The Bertz CT molecular complexity index is 1090. The van der Waals surface area contributed by atoms with Crippen molar-refractivity contribution in [2.24, 2.45) is 0 Å². The Morgan fingerprint density at radius 2 is 1.96 bits per heavy atom. The number of fused-ring (bicyclic) bond motifs is 1. The first-order valence-electron chi connectivity index (χ1n) is 8.54. The molecule has 27 heavy (non-hydrogen) atoms. The van der Waals surface area contributed by atoms with Gasteiger partial charge in [-0.05, 0) is 36.8 Å². The third-order valence-corrected chi connectivity index (χ3v) is 5.70. The summed E-state index contributed by atoms with van der Waals surface area (Å²) in [5.74, 6) is 0.450. The molecule has 0 aliphatic carbocycles. The quantitative estimate of drug-likeness (QED) is 0.394. The number of pyridine rings is 1. The minimum absolute atomic E-state index is 0.287. The third-order valence-electron chi connectivity index (χ3n) is 4.30. The molecule has 2 aromatic carbocycles. The molecule has 4 aromatic rings. The number of halogens is 2. The van der Waals surface area contributed by atoms with Crippen molar-refractivity contribution in [3.05, 3.63) is 88.3 Å². The van der Waals surface area contributed by atoms with E-state index >= 15 is 0 Å². The molecule has 0 aliphatic rings. The fourth-order valence-corrected chi connectivity index (χ4v) is 4.15. The number of hydrogen-bond donors (Lipinski definition) is 0. The van der Waals surface area contributed by atoms with Gasteiger partial charge in [-0.2, -0.15) is 0 Å². The second-order valence-corrected chi connectivity index (χ2v) is 7.65. The summed E-state index contributed by atoms with van der Waals surface area (Å²) in [5, 5.41) is 1.20. The summed E-state index contributed by atoms with van der Waals surface area (Å²) in [4.78, 5) is 9.15. The molecule has 0 atom stereocenters. The summed E-state index contributed by atoms with van der Waals surface area (Å²) in [6.07, 6.45) is 1.72. The van der Waals surface area contributed by atoms with Crippen LogP contribution in [-0.4, -0.2) is 14.5 Å². The van der Waals surface area contributed by atoms with Crippen molar-refractivity contribution >= 4 is 34.5 Å². The van der Waals surface area contributed by atoms with Gasteiger partial charge < -0.3 is 0 Å². The van der Waals surface area contributed by atoms with E-state index in [0.29, 0.717) is 10.6 Å². The Morgan fingerprint density at radius 1 is 1.11 bits per heavy atom. The lowest BCUT2D eigenvalue weighted by Gasteiger charge is -2.11. The second-order valence-electron chi connectivity index (χ2n) is 6.30. The number of aryl methyl sites for hydroxylation is 1. The fraction of sp³-hybridized carbons (Fsp3) is 0.143. The van der Waals surface area contributed by atoms with Crippen LogP contribution in [0.1, 0.15) is 16.7 Å². The van der Waals surface area contributed by atoms with Crippen LogP contribution >= 0.6 is 23.4 Å². The zero-order valence-corrected chi connectivity index (χ0v) is 16.3. The molecule has 6 heteroatoms. The van der Waals surface area contributed by atoms with Gasteiger partial charge in [0.25, 0.3) is 0 Å². The summed E-state index contributed by atoms with van der Waals surface area (Å²) in [7, 11) is 0. The molecular weight excluding hydrogens is 381 g/mol. The van der Waals surface area contributed by atoms with Crippen LogP contribution in [0.2, 0.25) is 5.02 Å². The zero-order chi connectivity index (χ0) is 18.8. The number of imidazole rings is 1. The zero-order valence-electron chi connectivity index (χ0n) is 14.7. The first kappa shape index (κ1) is 18.0. The van der Waals surface area contributed by atoms with Crippen LogP contribution < -0.4 is 0 Å². The van der Waals surface area contributed by atoms with Crippen molar-refractivity contribution in [1.29, 1.82) is 0 Å². The Labute approximate surface area is 166 Å². The van der Waals surface area contributed by atoms with Gasteiger partial charge in [-0.3, -0.25) is 4.57 Å². The summed E-state index contributed by atoms with van der Waals surface area (Å²) in [6, 6.07) is 16.9. The summed E-state index contributed by atoms with van der Waals surface area (Å²) >= 11 is 7.85. The van der Waals surface area contributed by atoms with E-state index in [-0.39, 0.29) is 12.4 Å². The molecule has 0 radical (unpaired) electrons. The van der Waals surface area contributed by atoms with E-state index < -0.39 is 0 Å². The van der Waals surface area contributed by atoms with Crippen LogP contribution in [0, 0.1) is 12.7 Å². The van der Waals surface area contributed by atoms with Gasteiger partial charge in [0.1, 0.15) is 11.3 Å². The van der Waals surface area contributed by atoms with Crippen molar-refractivity contribution in [3.8, 4) is 0 Å². The van der Waals surface area contributed by atoms with Gasteiger partial charge in [0, 0.05) is 22.5 Å². The predicted molar refractivity (Wildman–Crippen MR) is 109 cm³/mol. The minimum Gasteiger partial charge on any atom is -0.299 e. The summed E-state index contributed by atoms with van der Waals surface area (Å²) in [5.41, 5.74) is 4.40. The van der Waals surface area contributed by atoms with Gasteiger partial charge in [-0.25, -0.2) is 14.4 Å². The van der Waals surface area contributed by atoms with E-state index in [1.165, 1.54) is 17.2 Å². The van der Waals surface area contributed by atoms with Gasteiger partial charge in [0.15, 0.2) is 10.8 Å². The lowest BCUT2D eigenvalue weighted by atomic mass is 10.2. The van der Waals surface area contributed by atoms with Gasteiger partial charge in [0.2, 0.25) is 0 Å². The van der Waals surface area contributed by atoms with E-state index in [4.69, 9.17) is 16.6 Å². The number of aromatic nitrogens is 3. The van der Waals surface area contributed by atoms with E-state index in [2.05, 4.69) is 36.2 Å². The van der Waals surface area contributed by atoms with Crippen molar-refractivity contribution in [3.63, 3.8) is 0 Å². The topological polar surface area (TPSA) is 30.7 Å². The lowest BCUT2D eigenvalue weighted by molar-refractivity contribution is 0.593. The Morgan fingerprint density at radius 3 is 2.78 bits per heavy atom. The molecule has 0 saturated heterocycles. The molecular formula is C21H17ClFN3S. The molecule has 0 amide bonds. The average molecular weight is 398 g/mol. The third kappa shape index (κ3) is 3.84. The SMILES string of the molecule is Cc1cccc(CSc2nc3cccnc3n2Cc2c(F)cccc2Cl)c1. The Balaban J connectivity index is 1.71. The number of thioether (sulfide) groups is 1. The standard InChI is InChI=1S/C21H17ClFN3S/c1-14-5-2-6-15(11-14)13-27-21-25-19-9-4-10-24-20(19)26(21)12-16-17(22)7-3-8-18(16)23/h2-11H,12-13H2,1H3. The van der Waals surface area contributed by atoms with Crippen molar-refractivity contribution in [2.75, 3.05) is 0 Å². The van der Waals surface area contributed by atoms with Crippen molar-refractivity contribution < 1.29 is 4.39 Å². The molecule has 3 nitrogen and oxygen atoms in total. The van der Waals surface area contributed by atoms with Gasteiger partial charge in [-0.15, -0.1) is 0 Å². The molecule has 0 fully saturated rings. The number of nitrogens with zero attached hydrogens (tertiary/aromatic N) is 3. The van der Waals surface area contributed by atoms with Crippen LogP contribution in [0.3, 0.4) is 0 Å². The molecule has 0 aliphatic heterocycles. The lowest BCUT2D eigenvalue weighted by Crippen LogP contribution is -2.05. The minimum atomic E-state index is -0.324. The van der Waals surface area contributed by atoms with Crippen molar-refractivity contribution in [1.82, 2.24) is 14.5 Å². The first-order chi connectivity index (χ1) is 13.1. The van der Waals surface area contributed by atoms with Crippen LogP contribution in [0.15, 0.2) is 66.0 Å². The van der Waals surface area contributed by atoms with E-state index in [9.17, 15) is 4.39 Å². The highest BCUT2D eigenvalue weighted by atomic mass is 35.5. The highest BCUT2D eigenvalue weighted by molar-refractivity contribution is 7.98. The van der Waals surface area contributed by atoms with Crippen LogP contribution in [0.25, 0.3) is 11.2 Å². The smallest absolute Gasteiger partial charge is 0.170 e. The fourth-order valence-electron chi connectivity index (χ4n) is 2.98. The van der Waals surface area contributed by atoms with Gasteiger partial charge >= 0.3 is 0 Å². The number of hydrogen-bond acceptors (Lipinski definition) is 3. The maximum Gasteiger partial charge on any atom is 0.170 e. The maximum atomic E-state index is 14.3. The normalized spacial score (nSPS) is 11.2. The summed E-state index contributed by atoms with van der Waals surface area (Å²) < 4.78 is 16.3. The monoisotopic (exact) mass is 397 g/mol. The number of benzene rings is 2. The Kier molecular flexibility index (Phi) is 5.14. The molecule has 0 N–H and O–H groups in total. The molecule has 4 rings (SSSR count). The number of rotatable bonds is 5. The van der Waals surface area contributed by atoms with Gasteiger partial charge in [-0.1, -0.05) is 59.3 Å². The molecule has 2 aromatic heterocycles. The van der Waals surface area contributed by atoms with Crippen LogP contribution in [-0.2, 0) is 12.3 Å². The maximum absolute atomic E-state index is 14.3. The van der Waals surface area contributed by atoms with E-state index in [0.717, 1.165) is 22.1 Å². The Hall–Kier alpha value is -2.37. The highest BCUT2D eigenvalue weighted by Gasteiger charge is 2.16. The van der Waals surface area contributed by atoms with Crippen LogP contribution in [0.4, 0.5) is 4.39 Å². The van der Waals surface area contributed by atoms with Crippen LogP contribution in [0.5, 0.6) is 0 Å². The van der Waals surface area contributed by atoms with Crippen molar-refractivity contribution in [2.45, 2.75) is 24.4 Å². The van der Waals surface area contributed by atoms with E-state index in [1.54, 1.807) is 30.1 Å². The average Bonchev–Trinajstić information content (AvgIpc) is 3.01. The predicted octanol–water partition coefficient (Wildman–Crippen LogP) is 5.87. The summed E-state index contributed by atoms with van der Waals surface area (Å²) in [6.45, 7) is 2.36. The molecule has 2 heterocycles. The second kappa shape index (κ2) is 7.71. The molecule has 0 saturated carbocycles. The molecule has 136 valence electrons. The molecule has 0 unspecified atom stereocenters. The molecule has 0 bridgehead atoms. The largest absolute Gasteiger partial charge is 0.299 e. The highest BCUT2D eigenvalue weighted by Crippen LogP contribution is 2.29. The molecule has 0 spiro atoms.